The lowest BCUT2D eigenvalue weighted by molar-refractivity contribution is 0.102. The molecule has 0 bridgehead atoms. The number of hydrogen-bond acceptors (Lipinski definition) is 3. The van der Waals surface area contributed by atoms with Gasteiger partial charge in [0.15, 0.2) is 0 Å². The van der Waals surface area contributed by atoms with Crippen LogP contribution in [0.3, 0.4) is 0 Å². The van der Waals surface area contributed by atoms with E-state index in [4.69, 9.17) is 0 Å². The van der Waals surface area contributed by atoms with Gasteiger partial charge < -0.3 is 5.32 Å². The molecule has 1 aromatic carbocycles. The van der Waals surface area contributed by atoms with Crippen molar-refractivity contribution in [2.75, 3.05) is 5.32 Å². The molecule has 1 aliphatic rings. The Kier molecular flexibility index (Phi) is 4.48. The van der Waals surface area contributed by atoms with Crippen molar-refractivity contribution in [3.63, 3.8) is 0 Å². The number of aryl methyl sites for hydroxylation is 2. The Hall–Kier alpha value is -1.92. The number of nitrogens with one attached hydrogen (secondary N) is 1. The fourth-order valence-electron chi connectivity index (χ4n) is 3.44. The van der Waals surface area contributed by atoms with Crippen LogP contribution in [0.5, 0.6) is 0 Å². The lowest BCUT2D eigenvalue weighted by atomic mass is 9.88. The average Bonchev–Trinajstić information content (AvgIpc) is 3.21. The quantitative estimate of drug-likeness (QED) is 0.639. The fourth-order valence-corrected chi connectivity index (χ4v) is 4.89. The first-order valence-electron chi connectivity index (χ1n) is 8.31. The number of amides is 1. The Labute approximate surface area is 159 Å². The van der Waals surface area contributed by atoms with Crippen molar-refractivity contribution in [1.29, 1.82) is 0 Å². The van der Waals surface area contributed by atoms with Crippen molar-refractivity contribution in [2.24, 2.45) is 0 Å². The fraction of sp³-hybridized carbons (Fsp3) is 0.263. The number of rotatable bonds is 3. The van der Waals surface area contributed by atoms with E-state index < -0.39 is 0 Å². The largest absolute Gasteiger partial charge is 0.306 e. The third-order valence-electron chi connectivity index (χ3n) is 4.67. The van der Waals surface area contributed by atoms with E-state index in [9.17, 15) is 4.79 Å². The summed E-state index contributed by atoms with van der Waals surface area (Å²) in [6.07, 6.45) is 5.10. The van der Waals surface area contributed by atoms with Crippen LogP contribution in [0.4, 0.5) is 5.82 Å². The molecule has 1 atom stereocenters. The lowest BCUT2D eigenvalue weighted by Crippen LogP contribution is -2.22. The van der Waals surface area contributed by atoms with Gasteiger partial charge in [0.25, 0.3) is 5.91 Å². The lowest BCUT2D eigenvalue weighted by Gasteiger charge is -2.27. The first-order chi connectivity index (χ1) is 12.1. The summed E-state index contributed by atoms with van der Waals surface area (Å²) in [5.41, 5.74) is 3.67. The van der Waals surface area contributed by atoms with Gasteiger partial charge in [-0.05, 0) is 64.7 Å². The average molecular weight is 416 g/mol. The second-order valence-corrected chi connectivity index (χ2v) is 8.05. The Morgan fingerprint density at radius 2 is 2.20 bits per heavy atom. The molecule has 4 rings (SSSR count). The highest BCUT2D eigenvalue weighted by Gasteiger charge is 2.25. The number of fused-ring (bicyclic) bond motifs is 1. The summed E-state index contributed by atoms with van der Waals surface area (Å²) in [6, 6.07) is 10.6. The topological polar surface area (TPSA) is 46.9 Å². The molecule has 4 nitrogen and oxygen atoms in total. The van der Waals surface area contributed by atoms with Crippen molar-refractivity contribution in [3.05, 3.63) is 67.9 Å². The summed E-state index contributed by atoms with van der Waals surface area (Å²) >= 11 is 4.86. The molecule has 3 aromatic rings. The van der Waals surface area contributed by atoms with E-state index >= 15 is 0 Å². The van der Waals surface area contributed by atoms with Crippen molar-refractivity contribution < 1.29 is 4.79 Å². The first-order valence-corrected chi connectivity index (χ1v) is 9.98. The smallest absolute Gasteiger partial charge is 0.268 e. The highest BCUT2D eigenvalue weighted by Crippen LogP contribution is 2.35. The molecule has 2 aromatic heterocycles. The number of aromatic nitrogens is 2. The first kappa shape index (κ1) is 16.5. The van der Waals surface area contributed by atoms with Crippen LogP contribution in [-0.4, -0.2) is 15.7 Å². The monoisotopic (exact) mass is 415 g/mol. The molecule has 6 heteroatoms. The summed E-state index contributed by atoms with van der Waals surface area (Å²) in [5, 5.41) is 9.56. The normalized spacial score (nSPS) is 16.5. The van der Waals surface area contributed by atoms with Crippen LogP contribution in [0.15, 0.2) is 46.4 Å². The van der Waals surface area contributed by atoms with Gasteiger partial charge in [-0.15, -0.1) is 11.3 Å². The zero-order valence-corrected chi connectivity index (χ0v) is 16.2. The number of halogens is 1. The molecular weight excluding hydrogens is 398 g/mol. The minimum Gasteiger partial charge on any atom is -0.306 e. The molecule has 0 saturated heterocycles. The molecule has 1 unspecified atom stereocenters. The standard InChI is InChI=1S/C19H18BrN3OS/c1-12-11-21-23(16-8-4-6-13-5-2-3-7-14(13)16)18(12)22-19(24)17-15(20)9-10-25-17/h2-3,5,7,9-11,16H,4,6,8H2,1H3,(H,22,24). The van der Waals surface area contributed by atoms with E-state index in [1.54, 1.807) is 0 Å². The van der Waals surface area contributed by atoms with Gasteiger partial charge in [-0.2, -0.15) is 5.10 Å². The minimum atomic E-state index is -0.101. The summed E-state index contributed by atoms with van der Waals surface area (Å²) in [6.45, 7) is 1.98. The molecule has 1 amide bonds. The molecule has 0 aliphatic heterocycles. The van der Waals surface area contributed by atoms with Gasteiger partial charge in [0, 0.05) is 10.0 Å². The van der Waals surface area contributed by atoms with Crippen LogP contribution in [-0.2, 0) is 6.42 Å². The van der Waals surface area contributed by atoms with E-state index in [0.717, 1.165) is 35.1 Å². The number of anilines is 1. The summed E-state index contributed by atoms with van der Waals surface area (Å²) < 4.78 is 2.80. The molecule has 2 heterocycles. The number of nitrogens with zero attached hydrogens (tertiary/aromatic N) is 2. The van der Waals surface area contributed by atoms with Crippen LogP contribution in [0, 0.1) is 6.92 Å². The van der Waals surface area contributed by atoms with E-state index in [0.29, 0.717) is 4.88 Å². The SMILES string of the molecule is Cc1cnn(C2CCCc3ccccc32)c1NC(=O)c1sccc1Br. The molecule has 1 aliphatic carbocycles. The third-order valence-corrected chi connectivity index (χ3v) is 6.50. The van der Waals surface area contributed by atoms with Gasteiger partial charge in [0.05, 0.1) is 12.2 Å². The molecule has 25 heavy (non-hydrogen) atoms. The molecule has 0 fully saturated rings. The van der Waals surface area contributed by atoms with Crippen molar-refractivity contribution in [1.82, 2.24) is 9.78 Å². The summed E-state index contributed by atoms with van der Waals surface area (Å²) in [5.74, 6) is 0.683. The van der Waals surface area contributed by atoms with Gasteiger partial charge in [-0.25, -0.2) is 4.68 Å². The maximum absolute atomic E-state index is 12.7. The van der Waals surface area contributed by atoms with E-state index in [-0.39, 0.29) is 11.9 Å². The van der Waals surface area contributed by atoms with Gasteiger partial charge in [0.2, 0.25) is 0 Å². The van der Waals surface area contributed by atoms with E-state index in [2.05, 4.69) is 50.6 Å². The van der Waals surface area contributed by atoms with Crippen molar-refractivity contribution >= 4 is 39.0 Å². The van der Waals surface area contributed by atoms with Gasteiger partial charge >= 0.3 is 0 Å². The molecular formula is C19H18BrN3OS. The van der Waals surface area contributed by atoms with Crippen LogP contribution in [0.25, 0.3) is 0 Å². The molecule has 0 saturated carbocycles. The van der Waals surface area contributed by atoms with Gasteiger partial charge in [-0.3, -0.25) is 4.79 Å². The zero-order valence-electron chi connectivity index (χ0n) is 13.8. The number of hydrogen-bond donors (Lipinski definition) is 1. The Morgan fingerprint density at radius 3 is 3.00 bits per heavy atom. The molecule has 1 N–H and O–H groups in total. The van der Waals surface area contributed by atoms with Crippen molar-refractivity contribution in [2.45, 2.75) is 32.2 Å². The maximum atomic E-state index is 12.7. The van der Waals surface area contributed by atoms with E-state index in [1.165, 1.54) is 22.5 Å². The number of benzene rings is 1. The molecule has 0 radical (unpaired) electrons. The Balaban J connectivity index is 1.69. The number of carbonyl (C=O) groups excluding carboxylic acids is 1. The Morgan fingerprint density at radius 1 is 1.36 bits per heavy atom. The summed E-state index contributed by atoms with van der Waals surface area (Å²) in [4.78, 5) is 13.3. The zero-order chi connectivity index (χ0) is 17.4. The molecule has 0 spiro atoms. The molecule has 128 valence electrons. The van der Waals surface area contributed by atoms with Crippen molar-refractivity contribution in [3.8, 4) is 0 Å². The van der Waals surface area contributed by atoms with Crippen LogP contribution < -0.4 is 5.32 Å². The highest BCUT2D eigenvalue weighted by molar-refractivity contribution is 9.10. The van der Waals surface area contributed by atoms with Crippen LogP contribution in [0.1, 0.15) is 45.2 Å². The summed E-state index contributed by atoms with van der Waals surface area (Å²) in [7, 11) is 0. The number of carbonyl (C=O) groups is 1. The van der Waals surface area contributed by atoms with Gasteiger partial charge in [-0.1, -0.05) is 24.3 Å². The predicted molar refractivity (Wildman–Crippen MR) is 104 cm³/mol. The number of thiophene rings is 1. The third kappa shape index (κ3) is 3.04. The van der Waals surface area contributed by atoms with E-state index in [1.807, 2.05) is 29.2 Å². The second kappa shape index (κ2) is 6.77. The Bertz CT molecular complexity index is 930. The maximum Gasteiger partial charge on any atom is 0.268 e. The van der Waals surface area contributed by atoms with Crippen LogP contribution in [0.2, 0.25) is 0 Å². The van der Waals surface area contributed by atoms with Gasteiger partial charge in [0.1, 0.15) is 10.7 Å². The minimum absolute atomic E-state index is 0.101. The predicted octanol–water partition coefficient (Wildman–Crippen LogP) is 5.19. The highest BCUT2D eigenvalue weighted by atomic mass is 79.9. The van der Waals surface area contributed by atoms with Crippen LogP contribution >= 0.6 is 27.3 Å². The second-order valence-electron chi connectivity index (χ2n) is 6.28.